The quantitative estimate of drug-likeness (QED) is 0.803. The molecule has 0 radical (unpaired) electrons. The van der Waals surface area contributed by atoms with E-state index in [0.717, 1.165) is 45.0 Å². The van der Waals surface area contributed by atoms with Gasteiger partial charge in [-0.2, -0.15) is 5.26 Å². The molecule has 0 bridgehead atoms. The summed E-state index contributed by atoms with van der Waals surface area (Å²) in [6.45, 7) is 5.53. The Kier molecular flexibility index (Phi) is 5.34. The van der Waals surface area contributed by atoms with Crippen LogP contribution in [-0.2, 0) is 4.74 Å². The van der Waals surface area contributed by atoms with Crippen LogP contribution in [0.2, 0.25) is 0 Å². The fourth-order valence-electron chi connectivity index (χ4n) is 2.32. The number of hydrogen-bond acceptors (Lipinski definition) is 4. The number of nitrogens with zero attached hydrogens (tertiary/aromatic N) is 3. The molecular formula is C15H21N3O. The molecule has 1 aliphatic rings. The summed E-state index contributed by atoms with van der Waals surface area (Å²) < 4.78 is 5.34. The lowest BCUT2D eigenvalue weighted by Gasteiger charge is -2.30. The van der Waals surface area contributed by atoms with Gasteiger partial charge >= 0.3 is 0 Å². The van der Waals surface area contributed by atoms with Crippen LogP contribution in [-0.4, -0.2) is 56.2 Å². The minimum Gasteiger partial charge on any atom is -0.379 e. The van der Waals surface area contributed by atoms with Gasteiger partial charge in [0.2, 0.25) is 0 Å². The van der Waals surface area contributed by atoms with Crippen LogP contribution in [0.15, 0.2) is 30.3 Å². The average Bonchev–Trinajstić information content (AvgIpc) is 2.48. The van der Waals surface area contributed by atoms with Gasteiger partial charge in [-0.3, -0.25) is 9.80 Å². The summed E-state index contributed by atoms with van der Waals surface area (Å²) in [4.78, 5) is 4.50. The molecule has 102 valence electrons. The molecule has 1 heterocycles. The lowest BCUT2D eigenvalue weighted by Crippen LogP contribution is -2.41. The zero-order valence-corrected chi connectivity index (χ0v) is 11.5. The van der Waals surface area contributed by atoms with Gasteiger partial charge in [-0.1, -0.05) is 30.3 Å². The lowest BCUT2D eigenvalue weighted by molar-refractivity contribution is 0.0335. The monoisotopic (exact) mass is 259 g/mol. The van der Waals surface area contributed by atoms with Crippen molar-refractivity contribution in [1.29, 1.82) is 5.26 Å². The zero-order valence-electron chi connectivity index (χ0n) is 11.5. The summed E-state index contributed by atoms with van der Waals surface area (Å²) in [5, 5.41) is 9.36. The molecule has 0 N–H and O–H groups in total. The van der Waals surface area contributed by atoms with Crippen LogP contribution < -0.4 is 0 Å². The molecular weight excluding hydrogens is 238 g/mol. The highest BCUT2D eigenvalue weighted by molar-refractivity contribution is 5.23. The van der Waals surface area contributed by atoms with Gasteiger partial charge in [0.15, 0.2) is 0 Å². The first-order chi connectivity index (χ1) is 9.31. The van der Waals surface area contributed by atoms with Gasteiger partial charge in [-0.15, -0.1) is 0 Å². The normalized spacial score (nSPS) is 18.2. The van der Waals surface area contributed by atoms with Crippen molar-refractivity contribution in [3.05, 3.63) is 35.9 Å². The molecule has 0 aliphatic carbocycles. The van der Waals surface area contributed by atoms with E-state index in [1.54, 1.807) is 0 Å². The standard InChI is InChI=1S/C15H21N3O/c1-17(7-8-18-9-11-19-12-10-18)15(13-16)14-5-3-2-4-6-14/h2-6,15H,7-12H2,1H3. The highest BCUT2D eigenvalue weighted by atomic mass is 16.5. The van der Waals surface area contributed by atoms with Crippen molar-refractivity contribution in [1.82, 2.24) is 9.80 Å². The molecule has 0 saturated carbocycles. The van der Waals surface area contributed by atoms with Crippen LogP contribution in [0.3, 0.4) is 0 Å². The molecule has 1 aromatic rings. The van der Waals surface area contributed by atoms with Crippen LogP contribution in [0.4, 0.5) is 0 Å². The van der Waals surface area contributed by atoms with E-state index in [4.69, 9.17) is 4.74 Å². The Balaban J connectivity index is 1.87. The van der Waals surface area contributed by atoms with Gasteiger partial charge in [0.25, 0.3) is 0 Å². The maximum absolute atomic E-state index is 9.36. The SMILES string of the molecule is CN(CCN1CCOCC1)C(C#N)c1ccccc1. The second-order valence-electron chi connectivity index (χ2n) is 4.88. The number of rotatable bonds is 5. The highest BCUT2D eigenvalue weighted by Crippen LogP contribution is 2.17. The minimum atomic E-state index is -0.165. The van der Waals surface area contributed by atoms with Crippen molar-refractivity contribution in [2.75, 3.05) is 46.4 Å². The summed E-state index contributed by atoms with van der Waals surface area (Å²) in [5.74, 6) is 0. The molecule has 1 aliphatic heterocycles. The first-order valence-electron chi connectivity index (χ1n) is 6.76. The Hall–Kier alpha value is -1.41. The van der Waals surface area contributed by atoms with E-state index in [1.807, 2.05) is 37.4 Å². The maximum atomic E-state index is 9.36. The number of ether oxygens (including phenoxy) is 1. The van der Waals surface area contributed by atoms with Crippen LogP contribution in [0.25, 0.3) is 0 Å². The Morgan fingerprint density at radius 1 is 1.32 bits per heavy atom. The molecule has 19 heavy (non-hydrogen) atoms. The third kappa shape index (κ3) is 4.03. The average molecular weight is 259 g/mol. The molecule has 0 amide bonds. The Bertz CT molecular complexity index is 409. The van der Waals surface area contributed by atoms with E-state index in [0.29, 0.717) is 0 Å². The smallest absolute Gasteiger partial charge is 0.123 e. The molecule has 2 rings (SSSR count). The van der Waals surface area contributed by atoms with Gasteiger partial charge < -0.3 is 4.74 Å². The first-order valence-corrected chi connectivity index (χ1v) is 6.76. The molecule has 1 aromatic carbocycles. The van der Waals surface area contributed by atoms with Crippen LogP contribution >= 0.6 is 0 Å². The maximum Gasteiger partial charge on any atom is 0.123 e. The van der Waals surface area contributed by atoms with Gasteiger partial charge in [-0.25, -0.2) is 0 Å². The van der Waals surface area contributed by atoms with Crippen LogP contribution in [0, 0.1) is 11.3 Å². The molecule has 0 aromatic heterocycles. The van der Waals surface area contributed by atoms with Crippen molar-refractivity contribution in [2.45, 2.75) is 6.04 Å². The first kappa shape index (κ1) is 14.0. The number of morpholine rings is 1. The third-order valence-electron chi connectivity index (χ3n) is 3.55. The Morgan fingerprint density at radius 2 is 2.00 bits per heavy atom. The van der Waals surface area contributed by atoms with Crippen molar-refractivity contribution in [2.24, 2.45) is 0 Å². The second kappa shape index (κ2) is 7.25. The largest absolute Gasteiger partial charge is 0.379 e. The summed E-state index contributed by atoms with van der Waals surface area (Å²) in [5.41, 5.74) is 1.06. The van der Waals surface area contributed by atoms with Crippen LogP contribution in [0.1, 0.15) is 11.6 Å². The van der Waals surface area contributed by atoms with E-state index in [1.165, 1.54) is 0 Å². The summed E-state index contributed by atoms with van der Waals surface area (Å²) in [6.07, 6.45) is 0. The zero-order chi connectivity index (χ0) is 13.5. The van der Waals surface area contributed by atoms with Gasteiger partial charge in [0.05, 0.1) is 19.3 Å². The number of nitriles is 1. The van der Waals surface area contributed by atoms with Crippen molar-refractivity contribution in [3.8, 4) is 6.07 Å². The molecule has 1 saturated heterocycles. The van der Waals surface area contributed by atoms with E-state index in [9.17, 15) is 5.26 Å². The summed E-state index contributed by atoms with van der Waals surface area (Å²) in [7, 11) is 2.02. The number of likely N-dealkylation sites (N-methyl/N-ethyl adjacent to an activating group) is 1. The Labute approximate surface area is 115 Å². The number of hydrogen-bond donors (Lipinski definition) is 0. The Morgan fingerprint density at radius 3 is 2.63 bits per heavy atom. The molecule has 1 unspecified atom stereocenters. The van der Waals surface area contributed by atoms with Crippen molar-refractivity contribution in [3.63, 3.8) is 0 Å². The minimum absolute atomic E-state index is 0.165. The van der Waals surface area contributed by atoms with E-state index in [2.05, 4.69) is 15.9 Å². The number of benzene rings is 1. The van der Waals surface area contributed by atoms with Crippen molar-refractivity contribution >= 4 is 0 Å². The van der Waals surface area contributed by atoms with Gasteiger partial charge in [0.1, 0.15) is 6.04 Å². The fourth-order valence-corrected chi connectivity index (χ4v) is 2.32. The summed E-state index contributed by atoms with van der Waals surface area (Å²) in [6, 6.07) is 12.2. The fraction of sp³-hybridized carbons (Fsp3) is 0.533. The van der Waals surface area contributed by atoms with E-state index < -0.39 is 0 Å². The van der Waals surface area contributed by atoms with E-state index >= 15 is 0 Å². The third-order valence-corrected chi connectivity index (χ3v) is 3.55. The van der Waals surface area contributed by atoms with Crippen molar-refractivity contribution < 1.29 is 4.74 Å². The predicted molar refractivity (Wildman–Crippen MR) is 74.7 cm³/mol. The molecule has 1 atom stereocenters. The molecule has 4 nitrogen and oxygen atoms in total. The topological polar surface area (TPSA) is 39.5 Å². The summed E-state index contributed by atoms with van der Waals surface area (Å²) >= 11 is 0. The lowest BCUT2D eigenvalue weighted by atomic mass is 10.1. The van der Waals surface area contributed by atoms with Gasteiger partial charge in [-0.05, 0) is 12.6 Å². The van der Waals surface area contributed by atoms with E-state index in [-0.39, 0.29) is 6.04 Å². The molecule has 0 spiro atoms. The van der Waals surface area contributed by atoms with Crippen LogP contribution in [0.5, 0.6) is 0 Å². The van der Waals surface area contributed by atoms with Gasteiger partial charge in [0, 0.05) is 26.2 Å². The second-order valence-corrected chi connectivity index (χ2v) is 4.88. The predicted octanol–water partition coefficient (Wildman–Crippen LogP) is 1.52. The highest BCUT2D eigenvalue weighted by Gasteiger charge is 2.17. The molecule has 4 heteroatoms. The molecule has 1 fully saturated rings.